The van der Waals surface area contributed by atoms with Crippen LogP contribution in [0.25, 0.3) is 0 Å². The van der Waals surface area contributed by atoms with Crippen molar-refractivity contribution in [2.24, 2.45) is 5.92 Å². The maximum Gasteiger partial charge on any atom is 0.416 e. The van der Waals surface area contributed by atoms with Gasteiger partial charge in [0, 0.05) is 51.2 Å². The molecule has 1 fully saturated rings. The summed E-state index contributed by atoms with van der Waals surface area (Å²) in [5.41, 5.74) is 0.796. The first kappa shape index (κ1) is 26.8. The molecule has 2 heterocycles. The molecule has 0 radical (unpaired) electrons. The Labute approximate surface area is 213 Å². The van der Waals surface area contributed by atoms with Crippen LogP contribution in [0.4, 0.5) is 19.0 Å². The fourth-order valence-electron chi connectivity index (χ4n) is 5.15. The minimum atomic E-state index is -4.41. The molecular formula is C26H31ClF3N3O3. The third kappa shape index (κ3) is 6.01. The van der Waals surface area contributed by atoms with E-state index in [4.69, 9.17) is 21.1 Å². The number of anilines is 1. The van der Waals surface area contributed by atoms with Crippen molar-refractivity contribution in [1.29, 1.82) is 0 Å². The first-order valence-electron chi connectivity index (χ1n) is 12.3. The molecule has 1 aliphatic heterocycles. The molecule has 1 aliphatic carbocycles. The van der Waals surface area contributed by atoms with Gasteiger partial charge in [0.25, 0.3) is 0 Å². The number of carbonyl (C=O) groups is 1. The van der Waals surface area contributed by atoms with Crippen LogP contribution in [-0.2, 0) is 33.3 Å². The van der Waals surface area contributed by atoms with Crippen molar-refractivity contribution < 1.29 is 27.4 Å². The molecule has 0 spiro atoms. The Bertz CT molecular complexity index is 1090. The van der Waals surface area contributed by atoms with Crippen molar-refractivity contribution in [3.63, 3.8) is 0 Å². The van der Waals surface area contributed by atoms with Crippen molar-refractivity contribution in [2.45, 2.75) is 69.7 Å². The molecule has 1 aromatic carbocycles. The standard InChI is InChI=1S/C26H31ClF3N3O3/c1-16(18-4-3-5-19(15-18)26(28,29)30)31-23-20-14-17(6-8-21(20)32-24(27)33-23)7-9-22(34)25(35-2)10-12-36-13-11-25/h3-5,15-17H,6-14H2,1-2H3,(H,31,32,33)/t16-,17?/m1/s1. The van der Waals surface area contributed by atoms with E-state index in [2.05, 4.69) is 15.3 Å². The predicted octanol–water partition coefficient (Wildman–Crippen LogP) is 5.97. The zero-order valence-corrected chi connectivity index (χ0v) is 21.2. The molecule has 1 N–H and O–H groups in total. The van der Waals surface area contributed by atoms with Crippen molar-refractivity contribution in [1.82, 2.24) is 9.97 Å². The van der Waals surface area contributed by atoms with Crippen LogP contribution < -0.4 is 5.32 Å². The third-order valence-corrected chi connectivity index (χ3v) is 7.56. The number of hydrogen-bond donors (Lipinski definition) is 1. The average molecular weight is 526 g/mol. The summed E-state index contributed by atoms with van der Waals surface area (Å²) in [5, 5.41) is 3.35. The van der Waals surface area contributed by atoms with Gasteiger partial charge in [-0.15, -0.1) is 0 Å². The normalized spacial score (nSPS) is 20.4. The van der Waals surface area contributed by atoms with Crippen LogP contribution in [0.2, 0.25) is 5.28 Å². The first-order valence-corrected chi connectivity index (χ1v) is 12.6. The molecule has 1 aromatic heterocycles. The number of rotatable bonds is 8. The number of alkyl halides is 3. The number of Topliss-reactive ketones (excluding diaryl/α,β-unsaturated/α-hetero) is 1. The molecule has 2 aromatic rings. The van der Waals surface area contributed by atoms with E-state index in [1.54, 1.807) is 20.1 Å². The lowest BCUT2D eigenvalue weighted by atomic mass is 9.80. The molecule has 0 bridgehead atoms. The summed E-state index contributed by atoms with van der Waals surface area (Å²) >= 11 is 6.17. The topological polar surface area (TPSA) is 73.3 Å². The van der Waals surface area contributed by atoms with Crippen molar-refractivity contribution >= 4 is 23.2 Å². The maximum atomic E-state index is 13.2. The van der Waals surface area contributed by atoms with Crippen LogP contribution in [-0.4, -0.2) is 41.7 Å². The lowest BCUT2D eigenvalue weighted by molar-refractivity contribution is -0.153. The SMILES string of the molecule is COC1(C(=O)CCC2CCc3nc(Cl)nc(N[C@H](C)c4cccc(C(F)(F)F)c4)c3C2)CCOCC1. The Hall–Kier alpha value is -2.23. The number of methoxy groups -OCH3 is 1. The van der Waals surface area contributed by atoms with Crippen LogP contribution in [0.15, 0.2) is 24.3 Å². The highest BCUT2D eigenvalue weighted by molar-refractivity contribution is 6.28. The summed E-state index contributed by atoms with van der Waals surface area (Å²) in [7, 11) is 1.59. The van der Waals surface area contributed by atoms with E-state index in [1.165, 1.54) is 6.07 Å². The number of aromatic nitrogens is 2. The Morgan fingerprint density at radius 3 is 2.75 bits per heavy atom. The Balaban J connectivity index is 1.46. The number of benzene rings is 1. The molecule has 2 aliphatic rings. The molecule has 4 rings (SSSR count). The van der Waals surface area contributed by atoms with Gasteiger partial charge >= 0.3 is 6.18 Å². The molecule has 1 saturated heterocycles. The van der Waals surface area contributed by atoms with Crippen LogP contribution in [0.1, 0.15) is 67.5 Å². The highest BCUT2D eigenvalue weighted by Crippen LogP contribution is 2.36. The minimum absolute atomic E-state index is 0.0997. The fourth-order valence-corrected chi connectivity index (χ4v) is 5.34. The lowest BCUT2D eigenvalue weighted by Gasteiger charge is -2.35. The summed E-state index contributed by atoms with van der Waals surface area (Å²) in [6.45, 7) is 2.83. The third-order valence-electron chi connectivity index (χ3n) is 7.39. The van der Waals surface area contributed by atoms with Crippen LogP contribution in [0.3, 0.4) is 0 Å². The highest BCUT2D eigenvalue weighted by atomic mass is 35.5. The van der Waals surface area contributed by atoms with Gasteiger partial charge in [-0.3, -0.25) is 4.79 Å². The van der Waals surface area contributed by atoms with Crippen molar-refractivity contribution in [3.05, 3.63) is 51.9 Å². The smallest absolute Gasteiger partial charge is 0.381 e. The Morgan fingerprint density at radius 1 is 1.31 bits per heavy atom. The molecule has 36 heavy (non-hydrogen) atoms. The van der Waals surface area contributed by atoms with Crippen molar-refractivity contribution in [3.8, 4) is 0 Å². The molecule has 10 heteroatoms. The molecule has 196 valence electrons. The molecule has 2 atom stereocenters. The second-order valence-corrected chi connectivity index (χ2v) is 9.98. The lowest BCUT2D eigenvalue weighted by Crippen LogP contribution is -2.45. The highest BCUT2D eigenvalue weighted by Gasteiger charge is 2.40. The van der Waals surface area contributed by atoms with Gasteiger partial charge in [0.2, 0.25) is 5.28 Å². The number of nitrogens with one attached hydrogen (secondary N) is 1. The van der Waals surface area contributed by atoms with Gasteiger partial charge in [0.1, 0.15) is 11.4 Å². The summed E-state index contributed by atoms with van der Waals surface area (Å²) in [4.78, 5) is 21.8. The number of fused-ring (bicyclic) bond motifs is 1. The van der Waals surface area contributed by atoms with E-state index in [0.717, 1.165) is 36.2 Å². The number of hydrogen-bond acceptors (Lipinski definition) is 6. The number of aryl methyl sites for hydroxylation is 1. The quantitative estimate of drug-likeness (QED) is 0.428. The fraction of sp³-hybridized carbons (Fsp3) is 0.577. The van der Waals surface area contributed by atoms with Crippen LogP contribution in [0, 0.1) is 5.92 Å². The molecule has 1 unspecified atom stereocenters. The Kier molecular flexibility index (Phi) is 8.22. The van der Waals surface area contributed by atoms with Gasteiger partial charge in [-0.05, 0) is 67.8 Å². The zero-order chi connectivity index (χ0) is 25.9. The van der Waals surface area contributed by atoms with E-state index in [-0.39, 0.29) is 17.0 Å². The van der Waals surface area contributed by atoms with Gasteiger partial charge in [0.05, 0.1) is 11.3 Å². The predicted molar refractivity (Wildman–Crippen MR) is 130 cm³/mol. The van der Waals surface area contributed by atoms with E-state index >= 15 is 0 Å². The second kappa shape index (κ2) is 11.0. The monoisotopic (exact) mass is 525 g/mol. The van der Waals surface area contributed by atoms with E-state index in [9.17, 15) is 18.0 Å². The average Bonchev–Trinajstić information content (AvgIpc) is 2.87. The number of ether oxygens (including phenoxy) is 2. The maximum absolute atomic E-state index is 13.2. The number of carbonyl (C=O) groups excluding carboxylic acids is 1. The van der Waals surface area contributed by atoms with Crippen LogP contribution in [0.5, 0.6) is 0 Å². The summed E-state index contributed by atoms with van der Waals surface area (Å²) in [5.74, 6) is 0.899. The number of nitrogens with zero attached hydrogens (tertiary/aromatic N) is 2. The van der Waals surface area contributed by atoms with Gasteiger partial charge in [-0.2, -0.15) is 13.2 Å². The van der Waals surface area contributed by atoms with E-state index in [1.807, 2.05) is 0 Å². The Morgan fingerprint density at radius 2 is 2.06 bits per heavy atom. The second-order valence-electron chi connectivity index (χ2n) is 9.64. The van der Waals surface area contributed by atoms with E-state index in [0.29, 0.717) is 56.7 Å². The van der Waals surface area contributed by atoms with E-state index < -0.39 is 23.4 Å². The van der Waals surface area contributed by atoms with Gasteiger partial charge < -0.3 is 14.8 Å². The minimum Gasteiger partial charge on any atom is -0.381 e. The number of halogens is 4. The van der Waals surface area contributed by atoms with Crippen LogP contribution >= 0.6 is 11.6 Å². The van der Waals surface area contributed by atoms with Gasteiger partial charge in [-0.1, -0.05) is 12.1 Å². The largest absolute Gasteiger partial charge is 0.416 e. The summed E-state index contributed by atoms with van der Waals surface area (Å²) < 4.78 is 50.6. The first-order chi connectivity index (χ1) is 17.1. The molecule has 0 amide bonds. The molecule has 0 saturated carbocycles. The summed E-state index contributed by atoms with van der Waals surface area (Å²) in [6.07, 6.45) is 0.116. The van der Waals surface area contributed by atoms with Gasteiger partial charge in [0.15, 0.2) is 5.78 Å². The summed E-state index contributed by atoms with van der Waals surface area (Å²) in [6, 6.07) is 4.82. The molecule has 6 nitrogen and oxygen atoms in total. The zero-order valence-electron chi connectivity index (χ0n) is 20.5. The molecular weight excluding hydrogens is 495 g/mol. The number of ketones is 1. The van der Waals surface area contributed by atoms with Crippen molar-refractivity contribution in [2.75, 3.05) is 25.6 Å². The van der Waals surface area contributed by atoms with Gasteiger partial charge in [-0.25, -0.2) is 9.97 Å².